The molecule has 0 unspecified atom stereocenters. The van der Waals surface area contributed by atoms with Crippen LogP contribution in [0, 0.1) is 0 Å². The van der Waals surface area contributed by atoms with E-state index in [-0.39, 0.29) is 12.4 Å². The summed E-state index contributed by atoms with van der Waals surface area (Å²) in [6.07, 6.45) is 3.60. The Labute approximate surface area is 67.3 Å². The molecular weight excluding hydrogens is 152 g/mol. The van der Waals surface area contributed by atoms with Gasteiger partial charge in [-0.3, -0.25) is 0 Å². The minimum atomic E-state index is -0.816. The average Bonchev–Trinajstić information content (AvgIpc) is 1.82. The maximum Gasteiger partial charge on any atom is 0.330 e. The lowest BCUT2D eigenvalue weighted by Crippen LogP contribution is -1.95. The third-order valence-corrected chi connectivity index (χ3v) is 1.08. The van der Waals surface area contributed by atoms with Crippen LogP contribution < -0.4 is 0 Å². The molecule has 60 valence electrons. The number of allylic oxidation sites excluding steroid dienone is 1. The van der Waals surface area contributed by atoms with Crippen molar-refractivity contribution >= 4 is 18.4 Å². The van der Waals surface area contributed by atoms with E-state index in [4.69, 9.17) is 5.11 Å². The number of carboxylic acid groups (broad SMARTS) is 1. The minimum absolute atomic E-state index is 0. The van der Waals surface area contributed by atoms with Crippen LogP contribution in [0.25, 0.3) is 0 Å². The summed E-state index contributed by atoms with van der Waals surface area (Å²) in [5.41, 5.74) is 0.442. The van der Waals surface area contributed by atoms with Crippen LogP contribution in [0.5, 0.6) is 0 Å². The summed E-state index contributed by atoms with van der Waals surface area (Å²) >= 11 is 0. The molecule has 0 spiro atoms. The molecule has 0 aliphatic carbocycles. The quantitative estimate of drug-likeness (QED) is 0.650. The van der Waals surface area contributed by atoms with Crippen molar-refractivity contribution in [2.24, 2.45) is 0 Å². The Morgan fingerprint density at radius 2 is 2.10 bits per heavy atom. The van der Waals surface area contributed by atoms with Gasteiger partial charge in [-0.2, -0.15) is 0 Å². The van der Waals surface area contributed by atoms with Crippen LogP contribution in [-0.2, 0) is 4.79 Å². The van der Waals surface area contributed by atoms with Crippen molar-refractivity contribution in [2.45, 2.75) is 26.7 Å². The molecule has 0 rings (SSSR count). The van der Waals surface area contributed by atoms with Gasteiger partial charge < -0.3 is 5.11 Å². The fraction of sp³-hybridized carbons (Fsp3) is 0.571. The average molecular weight is 165 g/mol. The first-order valence-electron chi connectivity index (χ1n) is 3.08. The van der Waals surface area contributed by atoms with Crippen molar-refractivity contribution in [3.63, 3.8) is 0 Å². The fourth-order valence-corrected chi connectivity index (χ4v) is 0.448. The Morgan fingerprint density at radius 1 is 1.60 bits per heavy atom. The van der Waals surface area contributed by atoms with E-state index in [0.29, 0.717) is 5.57 Å². The molecule has 0 aromatic carbocycles. The van der Waals surface area contributed by atoms with Gasteiger partial charge in [0.2, 0.25) is 0 Å². The summed E-state index contributed by atoms with van der Waals surface area (Å²) in [7, 11) is 0. The molecule has 0 aliphatic rings. The highest BCUT2D eigenvalue weighted by Crippen LogP contribution is 1.96. The Morgan fingerprint density at radius 3 is 2.40 bits per heavy atom. The molecule has 0 atom stereocenters. The largest absolute Gasteiger partial charge is 0.478 e. The molecule has 10 heavy (non-hydrogen) atoms. The third-order valence-electron chi connectivity index (χ3n) is 1.08. The summed E-state index contributed by atoms with van der Waals surface area (Å²) in [5, 5.41) is 8.34. The molecule has 0 saturated heterocycles. The number of carboxylic acids is 1. The summed E-state index contributed by atoms with van der Waals surface area (Å²) in [5.74, 6) is -0.816. The van der Waals surface area contributed by atoms with E-state index in [9.17, 15) is 4.79 Å². The van der Waals surface area contributed by atoms with Crippen molar-refractivity contribution in [1.29, 1.82) is 0 Å². The number of carbonyl (C=O) groups is 1. The number of halogens is 1. The van der Waals surface area contributed by atoms with Crippen LogP contribution in [-0.4, -0.2) is 11.1 Å². The number of hydrogen-bond donors (Lipinski definition) is 1. The normalized spacial score (nSPS) is 10.4. The molecule has 0 heterocycles. The SMILES string of the molecule is CCCC=C(C)C(=O)O.Cl. The number of aliphatic carboxylic acids is 1. The molecule has 0 aromatic heterocycles. The number of hydrogen-bond acceptors (Lipinski definition) is 1. The molecule has 0 radical (unpaired) electrons. The number of unbranched alkanes of at least 4 members (excludes halogenated alkanes) is 1. The maximum atomic E-state index is 10.1. The molecule has 0 bridgehead atoms. The van der Waals surface area contributed by atoms with Crippen LogP contribution in [0.1, 0.15) is 26.7 Å². The lowest BCUT2D eigenvalue weighted by Gasteiger charge is -1.89. The van der Waals surface area contributed by atoms with Gasteiger partial charge in [0, 0.05) is 5.57 Å². The van der Waals surface area contributed by atoms with E-state index in [2.05, 4.69) is 0 Å². The molecule has 0 amide bonds. The van der Waals surface area contributed by atoms with Gasteiger partial charge in [-0.15, -0.1) is 12.4 Å². The van der Waals surface area contributed by atoms with Crippen LogP contribution in [0.2, 0.25) is 0 Å². The van der Waals surface area contributed by atoms with E-state index < -0.39 is 5.97 Å². The zero-order chi connectivity index (χ0) is 7.28. The standard InChI is InChI=1S/C7H12O2.ClH/c1-3-4-5-6(2)7(8)9;/h5H,3-4H2,1-2H3,(H,8,9);1H. The van der Waals surface area contributed by atoms with Gasteiger partial charge in [-0.05, 0) is 13.3 Å². The van der Waals surface area contributed by atoms with Gasteiger partial charge in [0.15, 0.2) is 0 Å². The maximum absolute atomic E-state index is 10.1. The van der Waals surface area contributed by atoms with Crippen molar-refractivity contribution in [3.05, 3.63) is 11.6 Å². The minimum Gasteiger partial charge on any atom is -0.478 e. The molecular formula is C7H13ClO2. The van der Waals surface area contributed by atoms with Crippen LogP contribution in [0.3, 0.4) is 0 Å². The van der Waals surface area contributed by atoms with Gasteiger partial charge >= 0.3 is 5.97 Å². The highest BCUT2D eigenvalue weighted by molar-refractivity contribution is 5.85. The van der Waals surface area contributed by atoms with Crippen molar-refractivity contribution in [3.8, 4) is 0 Å². The van der Waals surface area contributed by atoms with E-state index in [0.717, 1.165) is 12.8 Å². The molecule has 0 saturated carbocycles. The third kappa shape index (κ3) is 5.63. The predicted molar refractivity (Wildman–Crippen MR) is 43.5 cm³/mol. The summed E-state index contributed by atoms with van der Waals surface area (Å²) in [6.45, 7) is 3.63. The second-order valence-corrected chi connectivity index (χ2v) is 1.98. The van der Waals surface area contributed by atoms with E-state index in [1.54, 1.807) is 13.0 Å². The Kier molecular flexibility index (Phi) is 8.07. The Balaban J connectivity index is 0. The molecule has 0 aliphatic heterocycles. The fourth-order valence-electron chi connectivity index (χ4n) is 0.448. The van der Waals surface area contributed by atoms with Gasteiger partial charge in [-0.25, -0.2) is 4.79 Å². The molecule has 0 fully saturated rings. The monoisotopic (exact) mass is 164 g/mol. The van der Waals surface area contributed by atoms with E-state index in [1.807, 2.05) is 6.92 Å². The van der Waals surface area contributed by atoms with Gasteiger partial charge in [0.25, 0.3) is 0 Å². The van der Waals surface area contributed by atoms with Crippen LogP contribution in [0.4, 0.5) is 0 Å². The highest BCUT2D eigenvalue weighted by Gasteiger charge is 1.95. The first-order chi connectivity index (χ1) is 4.18. The van der Waals surface area contributed by atoms with Crippen LogP contribution in [0.15, 0.2) is 11.6 Å². The first kappa shape index (κ1) is 12.2. The lowest BCUT2D eigenvalue weighted by molar-refractivity contribution is -0.132. The smallest absolute Gasteiger partial charge is 0.330 e. The molecule has 2 nitrogen and oxygen atoms in total. The summed E-state index contributed by atoms with van der Waals surface area (Å²) < 4.78 is 0. The van der Waals surface area contributed by atoms with Crippen LogP contribution >= 0.6 is 12.4 Å². The van der Waals surface area contributed by atoms with Crippen molar-refractivity contribution < 1.29 is 9.90 Å². The van der Waals surface area contributed by atoms with E-state index in [1.165, 1.54) is 0 Å². The van der Waals surface area contributed by atoms with Gasteiger partial charge in [-0.1, -0.05) is 19.4 Å². The van der Waals surface area contributed by atoms with Gasteiger partial charge in [0.05, 0.1) is 0 Å². The summed E-state index contributed by atoms with van der Waals surface area (Å²) in [6, 6.07) is 0. The zero-order valence-electron chi connectivity index (χ0n) is 6.26. The second kappa shape index (κ2) is 6.62. The Hall–Kier alpha value is -0.500. The number of rotatable bonds is 3. The second-order valence-electron chi connectivity index (χ2n) is 1.98. The van der Waals surface area contributed by atoms with Crippen molar-refractivity contribution in [1.82, 2.24) is 0 Å². The van der Waals surface area contributed by atoms with E-state index >= 15 is 0 Å². The lowest BCUT2D eigenvalue weighted by atomic mass is 10.2. The summed E-state index contributed by atoms with van der Waals surface area (Å²) in [4.78, 5) is 10.1. The molecule has 0 aromatic rings. The highest BCUT2D eigenvalue weighted by atomic mass is 35.5. The molecule has 3 heteroatoms. The topological polar surface area (TPSA) is 37.3 Å². The first-order valence-corrected chi connectivity index (χ1v) is 3.08. The molecule has 1 N–H and O–H groups in total. The van der Waals surface area contributed by atoms with Crippen molar-refractivity contribution in [2.75, 3.05) is 0 Å². The zero-order valence-corrected chi connectivity index (χ0v) is 7.07. The predicted octanol–water partition coefficient (Wildman–Crippen LogP) is 2.24. The Bertz CT molecular complexity index is 130. The van der Waals surface area contributed by atoms with Gasteiger partial charge in [0.1, 0.15) is 0 Å².